The smallest absolute Gasteiger partial charge is 0.166 e. The molecular weight excluding hydrogens is 315 g/mol. The minimum absolute atomic E-state index is 0.176. The monoisotopic (exact) mass is 338 g/mol. The van der Waals surface area contributed by atoms with Crippen molar-refractivity contribution in [2.24, 2.45) is 5.41 Å². The van der Waals surface area contributed by atoms with E-state index in [1.807, 2.05) is 37.3 Å². The molecule has 25 heavy (non-hydrogen) atoms. The first-order chi connectivity index (χ1) is 11.9. The van der Waals surface area contributed by atoms with Gasteiger partial charge in [-0.25, -0.2) is 9.37 Å². The average Bonchev–Trinajstić information content (AvgIpc) is 3.35. The number of nitriles is 1. The summed E-state index contributed by atoms with van der Waals surface area (Å²) in [6.07, 6.45) is 3.19. The van der Waals surface area contributed by atoms with Crippen molar-refractivity contribution in [3.05, 3.63) is 47.3 Å². The van der Waals surface area contributed by atoms with E-state index in [2.05, 4.69) is 29.5 Å². The number of rotatable bonds is 6. The van der Waals surface area contributed by atoms with E-state index < -0.39 is 5.82 Å². The van der Waals surface area contributed by atoms with E-state index >= 15 is 0 Å². The maximum atomic E-state index is 14.4. The van der Waals surface area contributed by atoms with Crippen molar-refractivity contribution < 1.29 is 4.39 Å². The Kier molecular flexibility index (Phi) is 4.63. The Morgan fingerprint density at radius 2 is 1.96 bits per heavy atom. The van der Waals surface area contributed by atoms with Crippen LogP contribution in [0, 0.1) is 29.5 Å². The van der Waals surface area contributed by atoms with Crippen LogP contribution in [0.25, 0.3) is 0 Å². The van der Waals surface area contributed by atoms with Gasteiger partial charge in [0, 0.05) is 11.7 Å². The van der Waals surface area contributed by atoms with Gasteiger partial charge in [-0.1, -0.05) is 31.5 Å². The zero-order chi connectivity index (χ0) is 18.0. The van der Waals surface area contributed by atoms with E-state index in [-0.39, 0.29) is 22.8 Å². The van der Waals surface area contributed by atoms with E-state index in [0.717, 1.165) is 30.5 Å². The number of nitrogens with zero attached hydrogens (tertiary/aromatic N) is 2. The lowest BCUT2D eigenvalue weighted by Gasteiger charge is -2.24. The molecule has 1 aliphatic rings. The summed E-state index contributed by atoms with van der Waals surface area (Å²) in [7, 11) is 0. The average molecular weight is 338 g/mol. The van der Waals surface area contributed by atoms with Gasteiger partial charge >= 0.3 is 0 Å². The Bertz CT molecular complexity index is 804. The van der Waals surface area contributed by atoms with Gasteiger partial charge < -0.3 is 10.6 Å². The minimum Gasteiger partial charge on any atom is -0.364 e. The largest absolute Gasteiger partial charge is 0.364 e. The zero-order valence-corrected chi connectivity index (χ0v) is 14.9. The molecule has 1 aromatic carbocycles. The standard InChI is InChI=1S/C20H23FN4/c1-4-17(20(3)9-10-20)24-19-16(21)11-14(12-22)18(25-19)23-15-7-5-13(2)6-8-15/h5-8,11,17H,4,9-10H2,1-3H3,(H2,23,24,25)/t17-/m1/s1. The van der Waals surface area contributed by atoms with Crippen LogP contribution in [0.3, 0.4) is 0 Å². The highest BCUT2D eigenvalue weighted by molar-refractivity contribution is 5.65. The van der Waals surface area contributed by atoms with Crippen LogP contribution in [0.5, 0.6) is 0 Å². The molecule has 0 saturated heterocycles. The Morgan fingerprint density at radius 3 is 2.52 bits per heavy atom. The maximum absolute atomic E-state index is 14.4. The summed E-state index contributed by atoms with van der Waals surface area (Å²) < 4.78 is 14.4. The topological polar surface area (TPSA) is 60.7 Å². The number of pyridine rings is 1. The molecule has 1 saturated carbocycles. The zero-order valence-electron chi connectivity index (χ0n) is 14.9. The number of benzene rings is 1. The summed E-state index contributed by atoms with van der Waals surface area (Å²) in [6.45, 7) is 6.31. The van der Waals surface area contributed by atoms with Crippen LogP contribution in [0.1, 0.15) is 44.2 Å². The molecule has 1 fully saturated rings. The van der Waals surface area contributed by atoms with Crippen LogP contribution >= 0.6 is 0 Å². The normalized spacial score (nSPS) is 16.0. The quantitative estimate of drug-likeness (QED) is 0.766. The predicted molar refractivity (Wildman–Crippen MR) is 98.4 cm³/mol. The molecule has 3 rings (SSSR count). The first-order valence-electron chi connectivity index (χ1n) is 8.66. The van der Waals surface area contributed by atoms with Crippen molar-refractivity contribution in [1.82, 2.24) is 4.98 Å². The van der Waals surface area contributed by atoms with Crippen LogP contribution in [-0.2, 0) is 0 Å². The van der Waals surface area contributed by atoms with Crippen molar-refractivity contribution in [1.29, 1.82) is 5.26 Å². The summed E-state index contributed by atoms with van der Waals surface area (Å²) in [4.78, 5) is 4.37. The molecule has 1 aromatic heterocycles. The predicted octanol–water partition coefficient (Wildman–Crippen LogP) is 5.14. The summed E-state index contributed by atoms with van der Waals surface area (Å²) in [5, 5.41) is 15.7. The molecule has 0 unspecified atom stereocenters. The second-order valence-electron chi connectivity index (χ2n) is 7.08. The first-order valence-corrected chi connectivity index (χ1v) is 8.66. The Labute approximate surface area is 148 Å². The first kappa shape index (κ1) is 17.2. The lowest BCUT2D eigenvalue weighted by molar-refractivity contribution is 0.448. The van der Waals surface area contributed by atoms with Crippen LogP contribution < -0.4 is 10.6 Å². The van der Waals surface area contributed by atoms with Crippen LogP contribution in [-0.4, -0.2) is 11.0 Å². The van der Waals surface area contributed by atoms with E-state index in [1.54, 1.807) is 0 Å². The van der Waals surface area contributed by atoms with Crippen molar-refractivity contribution in [3.8, 4) is 6.07 Å². The number of aromatic nitrogens is 1. The third-order valence-corrected chi connectivity index (χ3v) is 5.01. The Hall–Kier alpha value is -2.61. The molecule has 0 spiro atoms. The molecule has 0 radical (unpaired) electrons. The van der Waals surface area contributed by atoms with Crippen molar-refractivity contribution in [3.63, 3.8) is 0 Å². The van der Waals surface area contributed by atoms with E-state index in [0.29, 0.717) is 5.82 Å². The fourth-order valence-electron chi connectivity index (χ4n) is 3.02. The molecule has 4 nitrogen and oxygen atoms in total. The van der Waals surface area contributed by atoms with Crippen molar-refractivity contribution in [2.45, 2.75) is 46.1 Å². The summed E-state index contributed by atoms with van der Waals surface area (Å²) in [5.41, 5.74) is 2.35. The molecular formula is C20H23FN4. The third-order valence-electron chi connectivity index (χ3n) is 5.01. The highest BCUT2D eigenvalue weighted by atomic mass is 19.1. The molecule has 0 bridgehead atoms. The van der Waals surface area contributed by atoms with Gasteiger partial charge in [0.15, 0.2) is 17.5 Å². The van der Waals surface area contributed by atoms with Crippen LogP contribution in [0.2, 0.25) is 0 Å². The van der Waals surface area contributed by atoms with Gasteiger partial charge in [-0.15, -0.1) is 0 Å². The number of nitrogens with one attached hydrogen (secondary N) is 2. The molecule has 2 N–H and O–H groups in total. The van der Waals surface area contributed by atoms with Gasteiger partial charge in [0.2, 0.25) is 0 Å². The van der Waals surface area contributed by atoms with Crippen molar-refractivity contribution >= 4 is 17.3 Å². The summed E-state index contributed by atoms with van der Waals surface area (Å²) in [5.74, 6) is 0.0772. The van der Waals surface area contributed by atoms with Gasteiger partial charge in [0.25, 0.3) is 0 Å². The van der Waals surface area contributed by atoms with Crippen LogP contribution in [0.15, 0.2) is 30.3 Å². The maximum Gasteiger partial charge on any atom is 0.166 e. The second kappa shape index (κ2) is 6.72. The lowest BCUT2D eigenvalue weighted by Crippen LogP contribution is -2.29. The fraction of sp³-hybridized carbons (Fsp3) is 0.400. The number of anilines is 3. The highest BCUT2D eigenvalue weighted by Gasteiger charge is 2.44. The van der Waals surface area contributed by atoms with E-state index in [9.17, 15) is 9.65 Å². The lowest BCUT2D eigenvalue weighted by atomic mass is 9.96. The van der Waals surface area contributed by atoms with Gasteiger partial charge in [0.1, 0.15) is 6.07 Å². The number of halogens is 1. The third kappa shape index (κ3) is 3.74. The van der Waals surface area contributed by atoms with Gasteiger partial charge in [-0.3, -0.25) is 0 Å². The molecule has 1 atom stereocenters. The molecule has 0 aliphatic heterocycles. The second-order valence-corrected chi connectivity index (χ2v) is 7.08. The van der Waals surface area contributed by atoms with Gasteiger partial charge in [0.05, 0.1) is 5.56 Å². The summed E-state index contributed by atoms with van der Waals surface area (Å²) >= 11 is 0. The molecule has 0 amide bonds. The minimum atomic E-state index is -0.492. The molecule has 1 heterocycles. The fourth-order valence-corrected chi connectivity index (χ4v) is 3.02. The van der Waals surface area contributed by atoms with E-state index in [1.165, 1.54) is 6.07 Å². The van der Waals surface area contributed by atoms with Gasteiger partial charge in [-0.05, 0) is 49.8 Å². The number of hydrogen-bond acceptors (Lipinski definition) is 4. The van der Waals surface area contributed by atoms with Crippen LogP contribution in [0.4, 0.5) is 21.7 Å². The van der Waals surface area contributed by atoms with Crippen molar-refractivity contribution in [2.75, 3.05) is 10.6 Å². The summed E-state index contributed by atoms with van der Waals surface area (Å²) in [6, 6.07) is 11.2. The number of hydrogen-bond donors (Lipinski definition) is 2. The van der Waals surface area contributed by atoms with E-state index in [4.69, 9.17) is 0 Å². The Balaban J connectivity index is 1.89. The highest BCUT2D eigenvalue weighted by Crippen LogP contribution is 2.50. The SMILES string of the molecule is CC[C@@H](Nc1nc(Nc2ccc(C)cc2)c(C#N)cc1F)C1(C)CC1. The molecule has 130 valence electrons. The molecule has 2 aromatic rings. The van der Waals surface area contributed by atoms with Gasteiger partial charge in [-0.2, -0.15) is 5.26 Å². The number of aryl methyl sites for hydroxylation is 1. The molecule has 1 aliphatic carbocycles. The molecule has 5 heteroatoms. The Morgan fingerprint density at radius 1 is 1.28 bits per heavy atom.